The van der Waals surface area contributed by atoms with Gasteiger partial charge < -0.3 is 5.32 Å². The monoisotopic (exact) mass is 414 g/mol. The van der Waals surface area contributed by atoms with Crippen LogP contribution in [0.3, 0.4) is 0 Å². The van der Waals surface area contributed by atoms with Gasteiger partial charge in [0.2, 0.25) is 15.9 Å². The minimum atomic E-state index is -3.72. The second-order valence-corrected chi connectivity index (χ2v) is 9.19. The van der Waals surface area contributed by atoms with E-state index < -0.39 is 10.0 Å². The van der Waals surface area contributed by atoms with Crippen LogP contribution in [0.1, 0.15) is 48.8 Å². The van der Waals surface area contributed by atoms with Crippen molar-refractivity contribution in [1.29, 1.82) is 0 Å². The number of primary sulfonamides is 1. The third kappa shape index (κ3) is 5.52. The first-order valence-electron chi connectivity index (χ1n) is 9.75. The van der Waals surface area contributed by atoms with E-state index in [4.69, 9.17) is 5.14 Å². The molecule has 7 heteroatoms. The zero-order chi connectivity index (χ0) is 21.0. The highest BCUT2D eigenvalue weighted by molar-refractivity contribution is 7.89. The number of nitrogens with two attached hydrogens (primary N) is 1. The molecule has 0 heterocycles. The van der Waals surface area contributed by atoms with Gasteiger partial charge in [-0.05, 0) is 55.0 Å². The molecule has 1 saturated carbocycles. The highest BCUT2D eigenvalue weighted by Crippen LogP contribution is 2.26. The second-order valence-electron chi connectivity index (χ2n) is 7.63. The predicted molar refractivity (Wildman–Crippen MR) is 111 cm³/mol. The van der Waals surface area contributed by atoms with Gasteiger partial charge in [-0.15, -0.1) is 0 Å². The van der Waals surface area contributed by atoms with Crippen LogP contribution in [0.15, 0.2) is 53.4 Å². The van der Waals surface area contributed by atoms with E-state index >= 15 is 0 Å². The SMILES string of the molecule is C[C@@H](C(=O)NCc1ccc(S(N)(=O)=O)cc1)c1ccc(C[C@H]2CCCC2=O)cc1. The predicted octanol–water partition coefficient (Wildman–Crippen LogP) is 2.67. The second kappa shape index (κ2) is 8.88. The van der Waals surface area contributed by atoms with Gasteiger partial charge in [0.05, 0.1) is 10.8 Å². The van der Waals surface area contributed by atoms with Crippen LogP contribution in [0.4, 0.5) is 0 Å². The Hall–Kier alpha value is -2.51. The van der Waals surface area contributed by atoms with E-state index in [1.807, 2.05) is 31.2 Å². The average Bonchev–Trinajstić information content (AvgIpc) is 3.10. The van der Waals surface area contributed by atoms with Gasteiger partial charge in [-0.3, -0.25) is 9.59 Å². The lowest BCUT2D eigenvalue weighted by molar-refractivity contribution is -0.122. The summed E-state index contributed by atoms with van der Waals surface area (Å²) in [5.74, 6) is 0.0706. The Labute approximate surface area is 171 Å². The summed E-state index contributed by atoms with van der Waals surface area (Å²) in [6.07, 6.45) is 3.43. The van der Waals surface area contributed by atoms with Crippen molar-refractivity contribution in [2.45, 2.75) is 50.0 Å². The van der Waals surface area contributed by atoms with E-state index in [2.05, 4.69) is 5.32 Å². The number of sulfonamides is 1. The number of nitrogens with one attached hydrogen (secondary N) is 1. The fourth-order valence-corrected chi connectivity index (χ4v) is 4.14. The lowest BCUT2D eigenvalue weighted by Crippen LogP contribution is -2.27. The van der Waals surface area contributed by atoms with Crippen LogP contribution in [-0.2, 0) is 32.6 Å². The van der Waals surface area contributed by atoms with Crippen molar-refractivity contribution in [2.24, 2.45) is 11.1 Å². The zero-order valence-electron chi connectivity index (χ0n) is 16.4. The average molecular weight is 415 g/mol. The molecule has 3 N–H and O–H groups in total. The first-order chi connectivity index (χ1) is 13.7. The minimum Gasteiger partial charge on any atom is -0.352 e. The molecule has 0 saturated heterocycles. The van der Waals surface area contributed by atoms with Gasteiger partial charge in [-0.1, -0.05) is 36.4 Å². The van der Waals surface area contributed by atoms with Crippen molar-refractivity contribution in [2.75, 3.05) is 0 Å². The summed E-state index contributed by atoms with van der Waals surface area (Å²) in [5, 5.41) is 7.95. The summed E-state index contributed by atoms with van der Waals surface area (Å²) >= 11 is 0. The Morgan fingerprint density at radius 3 is 2.28 bits per heavy atom. The molecule has 0 bridgehead atoms. The van der Waals surface area contributed by atoms with Crippen molar-refractivity contribution in [1.82, 2.24) is 5.32 Å². The molecular formula is C22H26N2O4S. The quantitative estimate of drug-likeness (QED) is 0.726. The van der Waals surface area contributed by atoms with E-state index in [-0.39, 0.29) is 22.6 Å². The van der Waals surface area contributed by atoms with E-state index in [1.165, 1.54) is 12.1 Å². The van der Waals surface area contributed by atoms with Crippen molar-refractivity contribution in [3.63, 3.8) is 0 Å². The number of Topliss-reactive ketones (excluding diaryl/α,β-unsaturated/α-hetero) is 1. The van der Waals surface area contributed by atoms with Crippen molar-refractivity contribution < 1.29 is 18.0 Å². The molecule has 1 fully saturated rings. The van der Waals surface area contributed by atoms with E-state index in [0.717, 1.165) is 36.0 Å². The Balaban J connectivity index is 1.55. The molecule has 2 aromatic rings. The van der Waals surface area contributed by atoms with Gasteiger partial charge in [0.1, 0.15) is 5.78 Å². The maximum Gasteiger partial charge on any atom is 0.238 e. The number of hydrogen-bond acceptors (Lipinski definition) is 4. The number of ketones is 1. The Morgan fingerprint density at radius 2 is 1.72 bits per heavy atom. The standard InChI is InChI=1S/C22H26N2O4S/c1-15(18-9-5-16(6-10-18)13-19-3-2-4-21(19)25)22(26)24-14-17-7-11-20(12-8-17)29(23,27)28/h5-12,15,19H,2-4,13-14H2,1H3,(H,24,26)(H2,23,27,28)/t15-,19-/m1/s1. The van der Waals surface area contributed by atoms with Gasteiger partial charge in [-0.2, -0.15) is 0 Å². The van der Waals surface area contributed by atoms with Crippen LogP contribution >= 0.6 is 0 Å². The number of benzene rings is 2. The number of hydrogen-bond donors (Lipinski definition) is 2. The number of carbonyl (C=O) groups is 2. The first kappa shape index (κ1) is 21.2. The maximum absolute atomic E-state index is 12.5. The summed E-state index contributed by atoms with van der Waals surface area (Å²) in [7, 11) is -3.72. The van der Waals surface area contributed by atoms with E-state index in [9.17, 15) is 18.0 Å². The molecule has 2 atom stereocenters. The van der Waals surface area contributed by atoms with E-state index in [0.29, 0.717) is 18.7 Å². The van der Waals surface area contributed by atoms with Crippen LogP contribution in [0.5, 0.6) is 0 Å². The Kier molecular flexibility index (Phi) is 6.49. The summed E-state index contributed by atoms with van der Waals surface area (Å²) < 4.78 is 22.6. The Bertz CT molecular complexity index is 982. The van der Waals surface area contributed by atoms with Gasteiger partial charge in [0, 0.05) is 18.9 Å². The molecule has 1 aliphatic rings. The zero-order valence-corrected chi connectivity index (χ0v) is 17.2. The Morgan fingerprint density at radius 1 is 1.10 bits per heavy atom. The summed E-state index contributed by atoms with van der Waals surface area (Å²) in [6, 6.07) is 14.0. The summed E-state index contributed by atoms with van der Waals surface area (Å²) in [4.78, 5) is 24.3. The highest BCUT2D eigenvalue weighted by atomic mass is 32.2. The van der Waals surface area contributed by atoms with E-state index in [1.54, 1.807) is 12.1 Å². The minimum absolute atomic E-state index is 0.0420. The molecule has 1 amide bonds. The van der Waals surface area contributed by atoms with Gasteiger partial charge >= 0.3 is 0 Å². The first-order valence-corrected chi connectivity index (χ1v) is 11.3. The van der Waals surface area contributed by atoms with Crippen LogP contribution in [-0.4, -0.2) is 20.1 Å². The maximum atomic E-state index is 12.5. The third-order valence-corrected chi connectivity index (χ3v) is 6.43. The smallest absolute Gasteiger partial charge is 0.238 e. The molecule has 0 spiro atoms. The normalized spacial score (nSPS) is 17.9. The van der Waals surface area contributed by atoms with Crippen molar-refractivity contribution in [3.05, 3.63) is 65.2 Å². The number of amides is 1. The van der Waals surface area contributed by atoms with Crippen LogP contribution < -0.4 is 10.5 Å². The highest BCUT2D eigenvalue weighted by Gasteiger charge is 2.24. The molecule has 0 unspecified atom stereocenters. The lowest BCUT2D eigenvalue weighted by atomic mass is 9.94. The van der Waals surface area contributed by atoms with Gasteiger partial charge in [0.15, 0.2) is 0 Å². The molecule has 0 aromatic heterocycles. The topological polar surface area (TPSA) is 106 Å². The molecule has 0 radical (unpaired) electrons. The van der Waals surface area contributed by atoms with Crippen LogP contribution in [0.25, 0.3) is 0 Å². The summed E-state index contributed by atoms with van der Waals surface area (Å²) in [5.41, 5.74) is 2.82. The molecule has 0 aliphatic heterocycles. The van der Waals surface area contributed by atoms with Gasteiger partial charge in [-0.25, -0.2) is 13.6 Å². The van der Waals surface area contributed by atoms with Crippen LogP contribution in [0.2, 0.25) is 0 Å². The summed E-state index contributed by atoms with van der Waals surface area (Å²) in [6.45, 7) is 2.14. The van der Waals surface area contributed by atoms with Gasteiger partial charge in [0.25, 0.3) is 0 Å². The molecule has 154 valence electrons. The molecule has 2 aromatic carbocycles. The molecule has 29 heavy (non-hydrogen) atoms. The van der Waals surface area contributed by atoms with Crippen molar-refractivity contribution >= 4 is 21.7 Å². The molecule has 3 rings (SSSR count). The number of carbonyl (C=O) groups excluding carboxylic acids is 2. The third-order valence-electron chi connectivity index (χ3n) is 5.50. The molecule has 6 nitrogen and oxygen atoms in total. The molecular weight excluding hydrogens is 388 g/mol. The fourth-order valence-electron chi connectivity index (χ4n) is 3.62. The number of rotatable bonds is 7. The molecule has 1 aliphatic carbocycles. The van der Waals surface area contributed by atoms with Crippen LogP contribution in [0, 0.1) is 5.92 Å². The van der Waals surface area contributed by atoms with Crippen molar-refractivity contribution in [3.8, 4) is 0 Å². The lowest BCUT2D eigenvalue weighted by Gasteiger charge is -2.14. The fraction of sp³-hybridized carbons (Fsp3) is 0.364. The largest absolute Gasteiger partial charge is 0.352 e.